The monoisotopic (exact) mass is 398 g/mol. The molecule has 3 atom stereocenters. The Kier molecular flexibility index (Phi) is 4.39. The van der Waals surface area contributed by atoms with Crippen LogP contribution in [0.2, 0.25) is 0 Å². The third-order valence-corrected chi connectivity index (χ3v) is 6.78. The van der Waals surface area contributed by atoms with Gasteiger partial charge in [-0.2, -0.15) is 0 Å². The lowest BCUT2D eigenvalue weighted by Crippen LogP contribution is -2.56. The van der Waals surface area contributed by atoms with Crippen molar-refractivity contribution in [1.29, 1.82) is 0 Å². The Bertz CT molecular complexity index is 1030. The zero-order valence-electron chi connectivity index (χ0n) is 17.9. The van der Waals surface area contributed by atoms with Crippen LogP contribution < -0.4 is 15.1 Å². The van der Waals surface area contributed by atoms with Crippen LogP contribution in [0.1, 0.15) is 59.4 Å². The van der Waals surface area contributed by atoms with Gasteiger partial charge in [0, 0.05) is 22.4 Å². The molecule has 5 nitrogen and oxygen atoms in total. The van der Waals surface area contributed by atoms with Crippen molar-refractivity contribution in [3.63, 3.8) is 0 Å². The molecule has 0 saturated heterocycles. The topological polar surface area (TPSA) is 68.9 Å². The second-order valence-electron chi connectivity index (χ2n) is 9.86. The smallest absolute Gasteiger partial charge is 0.340 e. The van der Waals surface area contributed by atoms with Crippen LogP contribution in [0.25, 0.3) is 11.0 Å². The highest BCUT2D eigenvalue weighted by atomic mass is 16.6. The maximum atomic E-state index is 12.5. The highest BCUT2D eigenvalue weighted by Gasteiger charge is 2.49. The zero-order chi connectivity index (χ0) is 21.2. The molecule has 1 aromatic heterocycles. The van der Waals surface area contributed by atoms with E-state index in [0.717, 1.165) is 24.6 Å². The molecule has 156 valence electrons. The molecular formula is C24H30O5. The molecule has 0 radical (unpaired) electrons. The zero-order valence-corrected chi connectivity index (χ0v) is 17.9. The summed E-state index contributed by atoms with van der Waals surface area (Å²) in [5, 5.41) is 11.3. The lowest BCUT2D eigenvalue weighted by Gasteiger charge is -2.49. The van der Waals surface area contributed by atoms with Crippen LogP contribution in [0, 0.1) is 5.92 Å². The van der Waals surface area contributed by atoms with Crippen LogP contribution >= 0.6 is 0 Å². The SMILES string of the molecule is C=CC(C)(C)c1cc2cc3c(cc2oc1=O)O[C@]1(C)CC[C@H](C(C)(C)O)C[C@@H]1O3. The molecule has 2 aromatic rings. The molecule has 2 aliphatic rings. The number of hydrogen-bond acceptors (Lipinski definition) is 5. The van der Waals surface area contributed by atoms with Crippen molar-refractivity contribution in [2.45, 2.75) is 76.6 Å². The van der Waals surface area contributed by atoms with E-state index in [4.69, 9.17) is 13.9 Å². The summed E-state index contributed by atoms with van der Waals surface area (Å²) in [6, 6.07) is 5.48. The van der Waals surface area contributed by atoms with Gasteiger partial charge in [-0.3, -0.25) is 0 Å². The summed E-state index contributed by atoms with van der Waals surface area (Å²) in [4.78, 5) is 12.5. The van der Waals surface area contributed by atoms with E-state index in [2.05, 4.69) is 13.5 Å². The molecule has 1 aliphatic carbocycles. The molecular weight excluding hydrogens is 368 g/mol. The Morgan fingerprint density at radius 1 is 1.21 bits per heavy atom. The Morgan fingerprint density at radius 2 is 1.93 bits per heavy atom. The van der Waals surface area contributed by atoms with Crippen LogP contribution in [0.5, 0.6) is 11.5 Å². The highest BCUT2D eigenvalue weighted by Crippen LogP contribution is 2.48. The van der Waals surface area contributed by atoms with E-state index in [-0.39, 0.29) is 17.6 Å². The molecule has 1 aliphatic heterocycles. The summed E-state index contributed by atoms with van der Waals surface area (Å²) in [5.41, 5.74) is -1.04. The van der Waals surface area contributed by atoms with E-state index in [0.29, 0.717) is 22.6 Å². The number of rotatable bonds is 3. The van der Waals surface area contributed by atoms with E-state index in [1.54, 1.807) is 12.1 Å². The fourth-order valence-electron chi connectivity index (χ4n) is 4.44. The van der Waals surface area contributed by atoms with Gasteiger partial charge in [0.1, 0.15) is 17.3 Å². The van der Waals surface area contributed by atoms with Crippen molar-refractivity contribution in [3.8, 4) is 11.5 Å². The molecule has 5 heteroatoms. The molecule has 29 heavy (non-hydrogen) atoms. The molecule has 0 spiro atoms. The average Bonchev–Trinajstić information content (AvgIpc) is 2.62. The summed E-state index contributed by atoms with van der Waals surface area (Å²) in [6.45, 7) is 13.5. The fraction of sp³-hybridized carbons (Fsp3) is 0.542. The van der Waals surface area contributed by atoms with Crippen LogP contribution in [-0.2, 0) is 5.41 Å². The molecule has 0 unspecified atom stereocenters. The molecule has 1 N–H and O–H groups in total. The molecule has 1 fully saturated rings. The standard InChI is InChI=1S/C24H30O5/c1-7-22(2,3)16-10-14-11-18-19(13-17(14)28-21(16)25)29-24(6)9-8-15(23(4,5)26)12-20(24)27-18/h7,10-11,13,15,20,26H,1,8-9,12H2,2-6H3/t15-,20-,24+/m0/s1. The molecule has 2 heterocycles. The Hall–Kier alpha value is -2.27. The number of benzene rings is 1. The van der Waals surface area contributed by atoms with E-state index in [9.17, 15) is 9.90 Å². The van der Waals surface area contributed by atoms with Gasteiger partial charge in [0.25, 0.3) is 0 Å². The summed E-state index contributed by atoms with van der Waals surface area (Å²) in [6.07, 6.45) is 4.00. The normalized spacial score (nSPS) is 26.8. The lowest BCUT2D eigenvalue weighted by molar-refractivity contribution is -0.119. The first kappa shape index (κ1) is 20.0. The minimum Gasteiger partial charge on any atom is -0.482 e. The van der Waals surface area contributed by atoms with Crippen LogP contribution in [0.15, 0.2) is 40.1 Å². The molecule has 0 bridgehead atoms. The van der Waals surface area contributed by atoms with E-state index in [1.165, 1.54) is 0 Å². The molecule has 4 rings (SSSR count). The second-order valence-corrected chi connectivity index (χ2v) is 9.86. The number of allylic oxidation sites excluding steroid dienone is 1. The average molecular weight is 398 g/mol. The largest absolute Gasteiger partial charge is 0.482 e. The minimum atomic E-state index is -0.747. The predicted molar refractivity (Wildman–Crippen MR) is 113 cm³/mol. The third-order valence-electron chi connectivity index (χ3n) is 6.78. The first-order chi connectivity index (χ1) is 13.4. The van der Waals surface area contributed by atoms with Crippen molar-refractivity contribution in [2.24, 2.45) is 5.92 Å². The van der Waals surface area contributed by atoms with Gasteiger partial charge in [0.2, 0.25) is 0 Å². The fourth-order valence-corrected chi connectivity index (χ4v) is 4.44. The van der Waals surface area contributed by atoms with Crippen molar-refractivity contribution in [2.75, 3.05) is 0 Å². The number of aliphatic hydroxyl groups is 1. The van der Waals surface area contributed by atoms with Crippen molar-refractivity contribution < 1.29 is 19.0 Å². The van der Waals surface area contributed by atoms with Gasteiger partial charge in [-0.1, -0.05) is 19.9 Å². The van der Waals surface area contributed by atoms with Gasteiger partial charge in [-0.25, -0.2) is 4.79 Å². The maximum absolute atomic E-state index is 12.5. The van der Waals surface area contributed by atoms with Gasteiger partial charge in [-0.05, 0) is 58.1 Å². The van der Waals surface area contributed by atoms with E-state index >= 15 is 0 Å². The second kappa shape index (κ2) is 6.36. The number of ether oxygens (including phenoxy) is 2. The Morgan fingerprint density at radius 3 is 2.59 bits per heavy atom. The molecule has 1 saturated carbocycles. The Balaban J connectivity index is 1.75. The summed E-state index contributed by atoms with van der Waals surface area (Å²) >= 11 is 0. The third kappa shape index (κ3) is 3.35. The van der Waals surface area contributed by atoms with Gasteiger partial charge >= 0.3 is 5.63 Å². The van der Waals surface area contributed by atoms with E-state index in [1.807, 2.05) is 39.8 Å². The Labute approximate surface area is 171 Å². The van der Waals surface area contributed by atoms with Gasteiger partial charge in [-0.15, -0.1) is 6.58 Å². The van der Waals surface area contributed by atoms with Gasteiger partial charge in [0.15, 0.2) is 11.5 Å². The van der Waals surface area contributed by atoms with Gasteiger partial charge in [0.05, 0.1) is 5.60 Å². The molecule has 1 aromatic carbocycles. The first-order valence-corrected chi connectivity index (χ1v) is 10.3. The quantitative estimate of drug-likeness (QED) is 0.598. The lowest BCUT2D eigenvalue weighted by atomic mass is 9.71. The van der Waals surface area contributed by atoms with Gasteiger partial charge < -0.3 is 19.0 Å². The van der Waals surface area contributed by atoms with Crippen molar-refractivity contribution in [1.82, 2.24) is 0 Å². The number of hydrogen-bond donors (Lipinski definition) is 1. The van der Waals surface area contributed by atoms with Crippen molar-refractivity contribution in [3.05, 3.63) is 46.8 Å². The first-order valence-electron chi connectivity index (χ1n) is 10.3. The summed E-state index contributed by atoms with van der Waals surface area (Å²) in [7, 11) is 0. The molecule has 0 amide bonds. The minimum absolute atomic E-state index is 0.141. The highest BCUT2D eigenvalue weighted by molar-refractivity contribution is 5.81. The predicted octanol–water partition coefficient (Wildman–Crippen LogP) is 4.73. The summed E-state index contributed by atoms with van der Waals surface area (Å²) in [5.74, 6) is 1.40. The van der Waals surface area contributed by atoms with E-state index < -0.39 is 16.6 Å². The maximum Gasteiger partial charge on any atom is 0.340 e. The van der Waals surface area contributed by atoms with Crippen molar-refractivity contribution >= 4 is 11.0 Å². The van der Waals surface area contributed by atoms with Crippen LogP contribution in [-0.4, -0.2) is 22.4 Å². The summed E-state index contributed by atoms with van der Waals surface area (Å²) < 4.78 is 18.4. The van der Waals surface area contributed by atoms with Crippen LogP contribution in [0.4, 0.5) is 0 Å². The number of fused-ring (bicyclic) bond motifs is 3. The van der Waals surface area contributed by atoms with Crippen LogP contribution in [0.3, 0.4) is 0 Å².